The summed E-state index contributed by atoms with van der Waals surface area (Å²) < 4.78 is 59.9. The number of hydrogen-bond acceptors (Lipinski definition) is 6. The third-order valence-electron chi connectivity index (χ3n) is 4.14. The molecule has 0 aliphatic rings. The third kappa shape index (κ3) is 4.42. The molecule has 1 aromatic heterocycles. The van der Waals surface area contributed by atoms with Crippen molar-refractivity contribution in [1.29, 1.82) is 0 Å². The van der Waals surface area contributed by atoms with E-state index in [0.29, 0.717) is 21.9 Å². The van der Waals surface area contributed by atoms with Gasteiger partial charge in [-0.3, -0.25) is 4.72 Å². The van der Waals surface area contributed by atoms with E-state index in [0.717, 1.165) is 0 Å². The van der Waals surface area contributed by atoms with Crippen LogP contribution in [0.1, 0.15) is 13.8 Å². The van der Waals surface area contributed by atoms with Gasteiger partial charge in [-0.25, -0.2) is 13.2 Å². The zero-order valence-electron chi connectivity index (χ0n) is 15.8. The van der Waals surface area contributed by atoms with E-state index >= 15 is 0 Å². The Labute approximate surface area is 177 Å². The van der Waals surface area contributed by atoms with Crippen LogP contribution in [0.25, 0.3) is 21.9 Å². The highest BCUT2D eigenvalue weighted by molar-refractivity contribution is 7.93. The number of alkyl halides is 1. The highest BCUT2D eigenvalue weighted by Crippen LogP contribution is 2.33. The number of carbonyl (C=O) groups is 1. The molecule has 0 radical (unpaired) electrons. The van der Waals surface area contributed by atoms with Gasteiger partial charge in [-0.15, -0.1) is 11.6 Å². The third-order valence-corrected chi connectivity index (χ3v) is 7.12. The summed E-state index contributed by atoms with van der Waals surface area (Å²) in [6, 6.07) is 8.54. The van der Waals surface area contributed by atoms with Crippen molar-refractivity contribution in [2.75, 3.05) is 9.93 Å². The first-order valence-corrected chi connectivity index (χ1v) is 12.2. The van der Waals surface area contributed by atoms with E-state index in [1.807, 2.05) is 0 Å². The Hall–Kier alpha value is -2.63. The first kappa shape index (κ1) is 22.1. The van der Waals surface area contributed by atoms with Crippen LogP contribution in [0.4, 0.5) is 5.69 Å². The number of rotatable bonds is 7. The van der Waals surface area contributed by atoms with E-state index in [2.05, 4.69) is 9.12 Å². The summed E-state index contributed by atoms with van der Waals surface area (Å²) in [5.74, 6) is -2.00. The van der Waals surface area contributed by atoms with Gasteiger partial charge in [0.1, 0.15) is 22.1 Å². The largest absolute Gasteiger partial charge is 0.477 e. The molecule has 160 valence electrons. The Morgan fingerprint density at radius 2 is 1.80 bits per heavy atom. The number of carboxylic acid groups (broad SMARTS) is 1. The Balaban J connectivity index is 2.11. The molecule has 30 heavy (non-hydrogen) atoms. The van der Waals surface area contributed by atoms with Gasteiger partial charge in [0.05, 0.1) is 10.6 Å². The van der Waals surface area contributed by atoms with Gasteiger partial charge in [0.25, 0.3) is 10.0 Å². The summed E-state index contributed by atoms with van der Waals surface area (Å²) >= 11 is 5.38. The van der Waals surface area contributed by atoms with E-state index < -0.39 is 42.9 Å². The van der Waals surface area contributed by atoms with Gasteiger partial charge in [-0.05, 0) is 30.3 Å². The molecule has 0 fully saturated rings. The van der Waals surface area contributed by atoms with E-state index in [-0.39, 0.29) is 10.6 Å². The van der Waals surface area contributed by atoms with Crippen LogP contribution < -0.4 is 4.72 Å². The van der Waals surface area contributed by atoms with Gasteiger partial charge in [0, 0.05) is 22.8 Å². The predicted molar refractivity (Wildman–Crippen MR) is 114 cm³/mol. The van der Waals surface area contributed by atoms with Crippen molar-refractivity contribution >= 4 is 71.0 Å². The minimum Gasteiger partial charge on any atom is -0.477 e. The molecule has 2 N–H and O–H groups in total. The van der Waals surface area contributed by atoms with Crippen LogP contribution in [-0.4, -0.2) is 38.8 Å². The highest BCUT2D eigenvalue weighted by atomic mass is 35.5. The van der Waals surface area contributed by atoms with Gasteiger partial charge in [-0.1, -0.05) is 13.8 Å². The second-order valence-corrected chi connectivity index (χ2v) is 10.6. The molecule has 3 rings (SSSR count). The molecule has 0 atom stereocenters. The number of sulfonamides is 2. The lowest BCUT2D eigenvalue weighted by molar-refractivity contribution is -0.129. The SMILES string of the molecule is CC(C)/C(=N/S(=O)(=O)c1ccc2oc3cc(NS(=O)(=O)CCl)ccc3c2c1)C(=O)O. The quantitative estimate of drug-likeness (QED) is 0.396. The number of nitrogens with zero attached hydrogens (tertiary/aromatic N) is 1. The maximum absolute atomic E-state index is 12.6. The smallest absolute Gasteiger partial charge is 0.351 e. The summed E-state index contributed by atoms with van der Waals surface area (Å²) in [6.07, 6.45) is 0. The average molecular weight is 473 g/mol. The molecule has 0 saturated heterocycles. The second-order valence-electron chi connectivity index (χ2n) is 6.71. The number of carboxylic acids is 1. The second kappa shape index (κ2) is 7.89. The zero-order chi connectivity index (χ0) is 22.3. The molecule has 0 aliphatic carbocycles. The molecule has 1 heterocycles. The summed E-state index contributed by atoms with van der Waals surface area (Å²) in [7, 11) is -7.96. The maximum Gasteiger partial charge on any atom is 0.351 e. The van der Waals surface area contributed by atoms with Crippen LogP contribution in [0.5, 0.6) is 0 Å². The number of hydrogen-bond donors (Lipinski definition) is 2. The van der Waals surface area contributed by atoms with Crippen LogP contribution in [0.2, 0.25) is 0 Å². The first-order valence-electron chi connectivity index (χ1n) is 8.54. The van der Waals surface area contributed by atoms with Crippen molar-refractivity contribution in [1.82, 2.24) is 0 Å². The number of furan rings is 1. The summed E-state index contributed by atoms with van der Waals surface area (Å²) in [4.78, 5) is 11.1. The van der Waals surface area contributed by atoms with Crippen molar-refractivity contribution in [2.45, 2.75) is 18.7 Å². The standard InChI is InChI=1S/C18H17ClN2O7S2/c1-10(2)17(18(22)23)21-30(26,27)12-4-6-15-14(8-12)13-5-3-11(7-16(13)28-15)20-29(24,25)9-19/h3-8,10,20H,9H2,1-2H3,(H,22,23)/b21-17-. The van der Waals surface area contributed by atoms with Gasteiger partial charge in [0.2, 0.25) is 10.0 Å². The minimum atomic E-state index is -4.26. The fourth-order valence-corrected chi connectivity index (χ4v) is 4.63. The topological polar surface area (TPSA) is 143 Å². The van der Waals surface area contributed by atoms with Crippen LogP contribution >= 0.6 is 11.6 Å². The predicted octanol–water partition coefficient (Wildman–Crippen LogP) is 3.39. The molecule has 3 aromatic rings. The van der Waals surface area contributed by atoms with E-state index in [4.69, 9.17) is 16.0 Å². The molecule has 2 aromatic carbocycles. The van der Waals surface area contributed by atoms with Crippen molar-refractivity contribution in [2.24, 2.45) is 10.3 Å². The van der Waals surface area contributed by atoms with Gasteiger partial charge in [-0.2, -0.15) is 12.8 Å². The average Bonchev–Trinajstić information content (AvgIpc) is 3.02. The number of aliphatic carboxylic acids is 1. The van der Waals surface area contributed by atoms with Gasteiger partial charge < -0.3 is 9.52 Å². The van der Waals surface area contributed by atoms with E-state index in [1.54, 1.807) is 6.07 Å². The Kier molecular flexibility index (Phi) is 5.81. The minimum absolute atomic E-state index is 0.191. The molecule has 9 nitrogen and oxygen atoms in total. The van der Waals surface area contributed by atoms with E-state index in [9.17, 15) is 26.7 Å². The fraction of sp³-hybridized carbons (Fsp3) is 0.222. The first-order chi connectivity index (χ1) is 13.9. The lowest BCUT2D eigenvalue weighted by Crippen LogP contribution is -2.21. The lowest BCUT2D eigenvalue weighted by atomic mass is 10.1. The van der Waals surface area contributed by atoms with Crippen molar-refractivity contribution in [3.8, 4) is 0 Å². The number of nitrogens with one attached hydrogen (secondary N) is 1. The maximum atomic E-state index is 12.6. The van der Waals surface area contributed by atoms with Crippen molar-refractivity contribution < 1.29 is 31.2 Å². The highest BCUT2D eigenvalue weighted by Gasteiger charge is 2.22. The van der Waals surface area contributed by atoms with E-state index in [1.165, 1.54) is 44.2 Å². The zero-order valence-corrected chi connectivity index (χ0v) is 18.2. The Morgan fingerprint density at radius 1 is 1.10 bits per heavy atom. The number of anilines is 1. The molecular weight excluding hydrogens is 456 g/mol. The van der Waals surface area contributed by atoms with Crippen LogP contribution in [0.3, 0.4) is 0 Å². The molecule has 0 spiro atoms. The molecule has 0 saturated carbocycles. The lowest BCUT2D eigenvalue weighted by Gasteiger charge is -2.06. The van der Waals surface area contributed by atoms with Gasteiger partial charge in [0.15, 0.2) is 0 Å². The molecule has 0 bridgehead atoms. The number of fused-ring (bicyclic) bond motifs is 3. The number of benzene rings is 2. The van der Waals surface area contributed by atoms with Crippen LogP contribution in [0, 0.1) is 5.92 Å². The summed E-state index contributed by atoms with van der Waals surface area (Å²) in [5, 5.41) is 9.58. The van der Waals surface area contributed by atoms with Crippen molar-refractivity contribution in [3.63, 3.8) is 0 Å². The summed E-state index contributed by atoms with van der Waals surface area (Å²) in [5.41, 5.74) is 0.463. The molecule has 0 unspecified atom stereocenters. The van der Waals surface area contributed by atoms with Crippen molar-refractivity contribution in [3.05, 3.63) is 36.4 Å². The fourth-order valence-electron chi connectivity index (χ4n) is 2.76. The Morgan fingerprint density at radius 3 is 2.40 bits per heavy atom. The molecular formula is C18H17ClN2O7S2. The molecule has 0 aliphatic heterocycles. The normalized spacial score (nSPS) is 13.3. The van der Waals surface area contributed by atoms with Crippen LogP contribution in [0.15, 0.2) is 50.1 Å². The summed E-state index contributed by atoms with van der Waals surface area (Å²) in [6.45, 7) is 3.07. The van der Waals surface area contributed by atoms with Crippen LogP contribution in [-0.2, 0) is 24.8 Å². The van der Waals surface area contributed by atoms with Gasteiger partial charge >= 0.3 is 5.97 Å². The number of halogens is 1. The Bertz CT molecular complexity index is 1390. The molecule has 0 amide bonds. The molecule has 12 heteroatoms. The monoisotopic (exact) mass is 472 g/mol.